The maximum atomic E-state index is 14.1. The molecule has 0 bridgehead atoms. The molecule has 140 heavy (non-hydrogen) atoms. The van der Waals surface area contributed by atoms with Gasteiger partial charge in [0, 0.05) is 107 Å². The van der Waals surface area contributed by atoms with E-state index in [0.29, 0.717) is 32.1 Å². The number of carboxylic acids is 1. The highest BCUT2D eigenvalue weighted by Gasteiger charge is 2.41. The molecule has 0 spiro atoms. The Kier molecular flexibility index (Phi) is 39.9. The maximum Gasteiger partial charge on any atom is 0.313 e. The van der Waals surface area contributed by atoms with Crippen LogP contribution in [0.25, 0.3) is 0 Å². The molecule has 9 amide bonds. The number of nitrogens with zero attached hydrogens (tertiary/aromatic N) is 3. The van der Waals surface area contributed by atoms with Crippen molar-refractivity contribution in [2.45, 2.75) is 213 Å². The Morgan fingerprint density at radius 1 is 0.371 bits per heavy atom. The highest BCUT2D eigenvalue weighted by atomic mass is 35.5. The van der Waals surface area contributed by atoms with Gasteiger partial charge in [-0.1, -0.05) is 97.1 Å². The number of Topliss-reactive ketones (excluding diaryl/α,β-unsaturated/α-hetero) is 2. The molecule has 6 aromatic carbocycles. The Labute approximate surface area is 812 Å². The van der Waals surface area contributed by atoms with Crippen molar-refractivity contribution in [1.29, 1.82) is 0 Å². The third-order valence-electron chi connectivity index (χ3n) is 21.7. The Hall–Kier alpha value is -12.3. The van der Waals surface area contributed by atoms with Crippen LogP contribution in [0.5, 0.6) is 17.2 Å². The van der Waals surface area contributed by atoms with Crippen LogP contribution in [-0.4, -0.2) is 202 Å². The number of aliphatic hydroxyl groups excluding tert-OH is 1. The lowest BCUT2D eigenvalue weighted by Crippen LogP contribution is -2.51. The molecule has 0 aliphatic carbocycles. The first-order valence-electron chi connectivity index (χ1n) is 43.7. The molecule has 3 heterocycles. The van der Waals surface area contributed by atoms with E-state index in [2.05, 4.69) is 36.6 Å². The minimum atomic E-state index is -1.90. The van der Waals surface area contributed by atoms with Crippen LogP contribution in [0.1, 0.15) is 178 Å². The van der Waals surface area contributed by atoms with Gasteiger partial charge in [0.1, 0.15) is 49.2 Å². The lowest BCUT2D eigenvalue weighted by Gasteiger charge is -2.33. The fraction of sp³-hybridized carbons (Fsp3) is 0.474. The second-order valence-electron chi connectivity index (χ2n) is 38.1. The molecule has 3 saturated heterocycles. The number of carbonyl (C=O) groups is 14. The summed E-state index contributed by atoms with van der Waals surface area (Å²) < 4.78 is 190. The van der Waals surface area contributed by atoms with E-state index >= 15 is 0 Å². The first kappa shape index (κ1) is 115. The van der Waals surface area contributed by atoms with Gasteiger partial charge >= 0.3 is 53.4 Å². The van der Waals surface area contributed by atoms with E-state index in [1.54, 1.807) is 96.1 Å². The van der Waals surface area contributed by atoms with Gasteiger partial charge in [-0.2, -0.15) is 26.3 Å². The van der Waals surface area contributed by atoms with Crippen LogP contribution in [0.15, 0.2) is 72.8 Å². The second-order valence-corrected chi connectivity index (χ2v) is 39.4. The van der Waals surface area contributed by atoms with Crippen molar-refractivity contribution >= 4 is 135 Å². The zero-order valence-electron chi connectivity index (χ0n) is 78.9. The summed E-state index contributed by atoms with van der Waals surface area (Å²) in [5.41, 5.74) is 0.422. The summed E-state index contributed by atoms with van der Waals surface area (Å²) in [5, 5.41) is 36.4. The monoisotopic (exact) mass is 2040 g/mol. The number of hydrogen-bond donors (Lipinski definition) is 8. The van der Waals surface area contributed by atoms with Crippen LogP contribution in [0, 0.1) is 87.6 Å². The predicted octanol–water partition coefficient (Wildman–Crippen LogP) is 14.2. The molecule has 0 saturated carbocycles. The zero-order chi connectivity index (χ0) is 105. The number of benzene rings is 6. The van der Waals surface area contributed by atoms with Gasteiger partial charge in [0.15, 0.2) is 63.7 Å². The molecule has 1 unspecified atom stereocenters. The summed E-state index contributed by atoms with van der Waals surface area (Å²) in [5.74, 6) is -40.8. The first-order chi connectivity index (χ1) is 64.8. The first-order valence-corrected chi connectivity index (χ1v) is 44.9. The number of ketones is 2. The summed E-state index contributed by atoms with van der Waals surface area (Å²) in [4.78, 5) is 182. The van der Waals surface area contributed by atoms with Gasteiger partial charge in [-0.15, -0.1) is 0 Å². The lowest BCUT2D eigenvalue weighted by atomic mass is 9.85. The van der Waals surface area contributed by atoms with Crippen LogP contribution in [-0.2, 0) is 92.8 Å². The van der Waals surface area contributed by atoms with Crippen molar-refractivity contribution < 1.29 is 154 Å². The number of rotatable bonds is 27. The van der Waals surface area contributed by atoms with Crippen molar-refractivity contribution in [2.75, 3.05) is 75.0 Å². The van der Waals surface area contributed by atoms with Crippen LogP contribution in [0.2, 0.25) is 15.1 Å². The zero-order valence-corrected chi connectivity index (χ0v) is 81.1. The smallest absolute Gasteiger partial charge is 0.313 e. The van der Waals surface area contributed by atoms with Gasteiger partial charge in [0.2, 0.25) is 52.6 Å². The van der Waals surface area contributed by atoms with Gasteiger partial charge in [-0.05, 0) is 168 Å². The predicted molar refractivity (Wildman–Crippen MR) is 485 cm³/mol. The van der Waals surface area contributed by atoms with Crippen molar-refractivity contribution in [3.8, 4) is 17.2 Å². The number of aliphatic carboxylic acids is 1. The fourth-order valence-electron chi connectivity index (χ4n) is 14.5. The number of likely N-dealkylation sites (tertiary alicyclic amines) is 3. The summed E-state index contributed by atoms with van der Waals surface area (Å²) in [6.07, 6.45) is -3.39. The standard InChI is InChI=1S/C33H40ClF4N3O7.C33H38ClF4N3O7.C29H30ClF4N3O7/c2*1-32(2,3)19-13-18(34)7-8-22(19)39-30(45)31(46)41-11-9-17(10-12-41)29(44)40-23(15-25(43)48-33(4,5)6)24(42)16-47-28-26(37)20(35)14-21(36)27(28)38;1-29(2,3)16-10-15(30)4-5-19(16)35-27(42)28(43)37-8-6-14(7-9-37)26(41)36-20(12-22(39)40)21(38)13-44-25-23(33)17(31)11-18(32)24(25)34/h7-8,13-14,17,23-24,42H,9-12,15-16H2,1-6H3,(H,39,45)(H,40,44);7-8,13-14,17,23H,9-12,15-16H2,1-6H3,(H,39,45)(H,40,44);4-5,10-11,14,20H,6-9,12-13H2,1-3H3,(H,35,42)(H,36,41)(H,39,40)/t23-,24?;23-;20-/m000/s1. The molecule has 764 valence electrons. The molecule has 3 fully saturated rings. The van der Waals surface area contributed by atoms with E-state index < -0.39 is 267 Å². The van der Waals surface area contributed by atoms with Crippen LogP contribution < -0.4 is 46.1 Å². The maximum absolute atomic E-state index is 14.1. The Bertz CT molecular complexity index is 5590. The van der Waals surface area contributed by atoms with Gasteiger partial charge < -0.3 is 80.5 Å². The number of esters is 2. The van der Waals surface area contributed by atoms with E-state index in [-0.39, 0.29) is 107 Å². The number of hydrogen-bond acceptors (Lipinski definition) is 20. The summed E-state index contributed by atoms with van der Waals surface area (Å²) in [6, 6.07) is 9.88. The third-order valence-corrected chi connectivity index (χ3v) is 22.4. The molecule has 3 aliphatic heterocycles. The van der Waals surface area contributed by atoms with E-state index in [0.717, 1.165) is 16.7 Å². The average Bonchev–Trinajstić information content (AvgIpc) is 0.819. The average molecular weight is 2050 g/mol. The van der Waals surface area contributed by atoms with E-state index in [1.807, 2.05) is 62.3 Å². The van der Waals surface area contributed by atoms with Crippen LogP contribution in [0.3, 0.4) is 0 Å². The number of nitrogens with one attached hydrogen (secondary N) is 6. The minimum Gasteiger partial charge on any atom is -0.485 e. The van der Waals surface area contributed by atoms with Crippen LogP contribution in [0.4, 0.5) is 69.7 Å². The highest BCUT2D eigenvalue weighted by molar-refractivity contribution is 6.41. The number of anilines is 3. The Morgan fingerprint density at radius 2 is 0.629 bits per heavy atom. The SMILES string of the molecule is CC(C)(C)OC(=O)C[C@H](NC(=O)C1CCN(C(=O)C(=O)Nc2ccc(Cl)cc2C(C)(C)C)CC1)C(=O)COc1c(F)c(F)cc(F)c1F.CC(C)(C)OC(=O)C[C@H](NC(=O)C1CCN(C(=O)C(=O)Nc2ccc(Cl)cc2C(C)(C)C)CC1)C(O)COc1c(F)c(F)cc(F)c1F.CC(C)(C)c1cc(Cl)ccc1NC(=O)C(=O)N1CCC(C(=O)N[C@@H](CC(=O)O)C(=O)COc2c(F)c(F)cc(F)c2F)CC1. The summed E-state index contributed by atoms with van der Waals surface area (Å²) in [7, 11) is 0. The highest BCUT2D eigenvalue weighted by Crippen LogP contribution is 2.38. The molecule has 30 nitrogen and oxygen atoms in total. The van der Waals surface area contributed by atoms with Gasteiger partial charge in [-0.3, -0.25) is 67.1 Å². The number of piperidine rings is 3. The summed E-state index contributed by atoms with van der Waals surface area (Å²) >= 11 is 18.3. The molecule has 3 aliphatic rings. The number of halogens is 15. The molecule has 9 rings (SSSR count). The second kappa shape index (κ2) is 48.7. The van der Waals surface area contributed by atoms with E-state index in [1.165, 1.54) is 14.7 Å². The molecule has 8 N–H and O–H groups in total. The molecule has 45 heteroatoms. The quantitative estimate of drug-likeness (QED) is 0.0103. The Morgan fingerprint density at radius 3 is 0.893 bits per heavy atom. The fourth-order valence-corrected chi connectivity index (χ4v) is 15.0. The van der Waals surface area contributed by atoms with E-state index in [9.17, 15) is 130 Å². The topological polar surface area (TPSA) is 407 Å². The normalized spacial score (nSPS) is 14.8. The number of amides is 9. The number of ether oxygens (including phenoxy) is 5. The van der Waals surface area contributed by atoms with E-state index in [4.69, 9.17) is 53.8 Å². The third kappa shape index (κ3) is 32.9. The number of carbonyl (C=O) groups excluding carboxylic acids is 13. The van der Waals surface area contributed by atoms with Gasteiger partial charge in [0.25, 0.3) is 0 Å². The summed E-state index contributed by atoms with van der Waals surface area (Å²) in [6.45, 7) is 23.6. The molecule has 0 aromatic heterocycles. The molecule has 4 atom stereocenters. The van der Waals surface area contributed by atoms with Crippen molar-refractivity contribution in [3.63, 3.8) is 0 Å². The van der Waals surface area contributed by atoms with Gasteiger partial charge in [-0.25, -0.2) is 26.3 Å². The number of carboxylic acid groups (broad SMARTS) is 1. The minimum absolute atomic E-state index is 0.00142. The molecule has 0 radical (unpaired) electrons. The lowest BCUT2D eigenvalue weighted by molar-refractivity contribution is -0.157. The molecular weight excluding hydrogens is 1940 g/mol. The molecule has 6 aromatic rings. The Balaban J connectivity index is 0.000000286. The van der Waals surface area contributed by atoms with Crippen LogP contribution >= 0.6 is 34.8 Å². The number of aliphatic hydroxyl groups is 1. The van der Waals surface area contributed by atoms with Crippen molar-refractivity contribution in [3.05, 3.63) is 174 Å². The molecular formula is C95H108Cl3F12N9O21. The van der Waals surface area contributed by atoms with Crippen molar-refractivity contribution in [1.82, 2.24) is 30.7 Å². The largest absolute Gasteiger partial charge is 0.485 e. The van der Waals surface area contributed by atoms with Gasteiger partial charge in [0.05, 0.1) is 25.3 Å². The van der Waals surface area contributed by atoms with Crippen molar-refractivity contribution in [2.24, 2.45) is 17.8 Å².